The van der Waals surface area contributed by atoms with Crippen LogP contribution in [0.3, 0.4) is 0 Å². The Morgan fingerprint density at radius 1 is 1.42 bits per heavy atom. The van der Waals surface area contributed by atoms with E-state index in [4.69, 9.17) is 21.6 Å². The van der Waals surface area contributed by atoms with Gasteiger partial charge in [-0.25, -0.2) is 4.39 Å². The van der Waals surface area contributed by atoms with Crippen LogP contribution in [0.5, 0.6) is 0 Å². The Kier molecular flexibility index (Phi) is 3.12. The topological polar surface area (TPSA) is 40.5 Å². The Labute approximate surface area is 82.2 Å². The lowest BCUT2D eigenvalue weighted by molar-refractivity contribution is 0.422. The Hall–Kier alpha value is -0.0951. The van der Waals surface area contributed by atoms with Gasteiger partial charge in [0.2, 0.25) is 0 Å². The van der Waals surface area contributed by atoms with Gasteiger partial charge in [0, 0.05) is 9.94 Å². The molecule has 2 nitrogen and oxygen atoms in total. The van der Waals surface area contributed by atoms with Crippen LogP contribution >= 0.6 is 27.5 Å². The highest BCUT2D eigenvalue weighted by molar-refractivity contribution is 9.10. The molecule has 0 aliphatic carbocycles. The van der Waals surface area contributed by atoms with Gasteiger partial charge in [0.15, 0.2) is 0 Å². The Morgan fingerprint density at radius 3 is 2.42 bits per heavy atom. The van der Waals surface area contributed by atoms with Crippen LogP contribution in [0, 0.1) is 5.82 Å². The summed E-state index contributed by atoms with van der Waals surface area (Å²) in [7, 11) is -1.86. The molecule has 0 aliphatic heterocycles. The van der Waals surface area contributed by atoms with E-state index < -0.39 is 12.9 Å². The third kappa shape index (κ3) is 1.80. The van der Waals surface area contributed by atoms with Gasteiger partial charge in [-0.2, -0.15) is 0 Å². The molecule has 6 heteroatoms. The van der Waals surface area contributed by atoms with Crippen LogP contribution in [0.4, 0.5) is 4.39 Å². The molecule has 12 heavy (non-hydrogen) atoms. The molecular weight excluding hydrogens is 249 g/mol. The van der Waals surface area contributed by atoms with E-state index in [2.05, 4.69) is 15.9 Å². The second kappa shape index (κ2) is 3.74. The fourth-order valence-corrected chi connectivity index (χ4v) is 1.47. The van der Waals surface area contributed by atoms with Crippen molar-refractivity contribution in [2.45, 2.75) is 0 Å². The molecule has 0 aliphatic rings. The molecule has 0 spiro atoms. The predicted molar refractivity (Wildman–Crippen MR) is 48.9 cm³/mol. The van der Waals surface area contributed by atoms with Gasteiger partial charge in [0.05, 0.1) is 5.02 Å². The quantitative estimate of drug-likeness (QED) is 0.577. The zero-order valence-corrected chi connectivity index (χ0v) is 8.10. The second-order valence-electron chi connectivity index (χ2n) is 2.13. The maximum atomic E-state index is 12.9. The summed E-state index contributed by atoms with van der Waals surface area (Å²) in [5.74, 6) is -0.707. The molecule has 0 radical (unpaired) electrons. The maximum absolute atomic E-state index is 12.9. The van der Waals surface area contributed by atoms with Gasteiger partial charge in [-0.05, 0) is 28.1 Å². The van der Waals surface area contributed by atoms with Gasteiger partial charge in [-0.1, -0.05) is 11.6 Å². The summed E-state index contributed by atoms with van der Waals surface area (Å²) >= 11 is 8.53. The Bertz CT molecular complexity index is 308. The number of rotatable bonds is 1. The molecule has 0 saturated carbocycles. The first-order chi connectivity index (χ1) is 5.54. The first kappa shape index (κ1) is 9.99. The second-order valence-corrected chi connectivity index (χ2v) is 3.33. The van der Waals surface area contributed by atoms with Crippen LogP contribution in [-0.2, 0) is 0 Å². The molecule has 1 aromatic carbocycles. The van der Waals surface area contributed by atoms with Gasteiger partial charge in [-0.3, -0.25) is 0 Å². The zero-order chi connectivity index (χ0) is 9.30. The van der Waals surface area contributed by atoms with Crippen molar-refractivity contribution in [2.24, 2.45) is 0 Å². The highest BCUT2D eigenvalue weighted by Gasteiger charge is 2.21. The Balaban J connectivity index is 3.33. The molecule has 0 aromatic heterocycles. The molecule has 2 N–H and O–H groups in total. The maximum Gasteiger partial charge on any atom is 0.492 e. The van der Waals surface area contributed by atoms with E-state index in [0.717, 1.165) is 6.07 Å². The highest BCUT2D eigenvalue weighted by atomic mass is 79.9. The van der Waals surface area contributed by atoms with Crippen molar-refractivity contribution in [3.8, 4) is 0 Å². The third-order valence-corrected chi connectivity index (χ3v) is 2.74. The van der Waals surface area contributed by atoms with Crippen LogP contribution < -0.4 is 5.46 Å². The first-order valence-corrected chi connectivity index (χ1v) is 4.20. The van der Waals surface area contributed by atoms with Gasteiger partial charge in [-0.15, -0.1) is 0 Å². The number of halogens is 3. The molecule has 0 atom stereocenters. The van der Waals surface area contributed by atoms with Crippen LogP contribution in [0.15, 0.2) is 16.6 Å². The first-order valence-electron chi connectivity index (χ1n) is 3.03. The van der Waals surface area contributed by atoms with Crippen molar-refractivity contribution < 1.29 is 14.4 Å². The number of benzene rings is 1. The summed E-state index contributed by atoms with van der Waals surface area (Å²) in [5.41, 5.74) is -0.248. The smallest absolute Gasteiger partial charge is 0.423 e. The van der Waals surface area contributed by atoms with Crippen molar-refractivity contribution in [1.82, 2.24) is 0 Å². The van der Waals surface area contributed by atoms with Crippen molar-refractivity contribution in [1.29, 1.82) is 0 Å². The molecule has 0 amide bonds. The summed E-state index contributed by atoms with van der Waals surface area (Å²) in [5, 5.41) is 17.7. The van der Waals surface area contributed by atoms with Crippen LogP contribution in [-0.4, -0.2) is 17.2 Å². The number of hydrogen-bond acceptors (Lipinski definition) is 2. The molecule has 1 rings (SSSR count). The van der Waals surface area contributed by atoms with Crippen molar-refractivity contribution in [3.05, 3.63) is 27.4 Å². The zero-order valence-electron chi connectivity index (χ0n) is 5.76. The standard InChI is InChI=1S/C6H4BBrClFO2/c8-6-3(9)1-2-4(10)5(6)7(11)12/h1-2,11-12H. The minimum absolute atomic E-state index is 0.166. The van der Waals surface area contributed by atoms with Crippen LogP contribution in [0.1, 0.15) is 0 Å². The predicted octanol–water partition coefficient (Wildman–Crippen LogP) is 0.921. The van der Waals surface area contributed by atoms with Crippen molar-refractivity contribution in [2.75, 3.05) is 0 Å². The van der Waals surface area contributed by atoms with E-state index in [9.17, 15) is 4.39 Å². The van der Waals surface area contributed by atoms with Crippen molar-refractivity contribution in [3.63, 3.8) is 0 Å². The van der Waals surface area contributed by atoms with E-state index >= 15 is 0 Å². The van der Waals surface area contributed by atoms with E-state index in [1.807, 2.05) is 0 Å². The molecule has 1 aromatic rings. The fourth-order valence-electron chi connectivity index (χ4n) is 0.779. The number of hydrogen-bond donors (Lipinski definition) is 2. The minimum atomic E-state index is -1.86. The average Bonchev–Trinajstić information content (AvgIpc) is 1.97. The Morgan fingerprint density at radius 2 is 2.00 bits per heavy atom. The highest BCUT2D eigenvalue weighted by Crippen LogP contribution is 2.21. The summed E-state index contributed by atoms with van der Waals surface area (Å²) in [6.45, 7) is 0. The van der Waals surface area contributed by atoms with Crippen molar-refractivity contribution >= 4 is 40.1 Å². The average molecular weight is 253 g/mol. The molecule has 0 unspecified atom stereocenters. The van der Waals surface area contributed by atoms with E-state index in [0.29, 0.717) is 0 Å². The van der Waals surface area contributed by atoms with Gasteiger partial charge < -0.3 is 10.0 Å². The van der Waals surface area contributed by atoms with Crippen LogP contribution in [0.25, 0.3) is 0 Å². The third-order valence-electron chi connectivity index (χ3n) is 1.34. The molecule has 0 fully saturated rings. The largest absolute Gasteiger partial charge is 0.492 e. The molecule has 0 heterocycles. The summed E-state index contributed by atoms with van der Waals surface area (Å²) in [6, 6.07) is 2.40. The van der Waals surface area contributed by atoms with Gasteiger partial charge in [0.25, 0.3) is 0 Å². The summed E-state index contributed by atoms with van der Waals surface area (Å²) in [4.78, 5) is 0. The van der Waals surface area contributed by atoms with E-state index in [1.54, 1.807) is 0 Å². The summed E-state index contributed by atoms with van der Waals surface area (Å²) < 4.78 is 13.0. The van der Waals surface area contributed by atoms with E-state index in [-0.39, 0.29) is 15.0 Å². The van der Waals surface area contributed by atoms with Gasteiger partial charge in [0.1, 0.15) is 5.82 Å². The normalized spacial score (nSPS) is 10.1. The molecule has 0 bridgehead atoms. The molecule has 0 saturated heterocycles. The van der Waals surface area contributed by atoms with Crippen LogP contribution in [0.2, 0.25) is 5.02 Å². The van der Waals surface area contributed by atoms with Gasteiger partial charge >= 0.3 is 7.12 Å². The SMILES string of the molecule is OB(O)c1c(F)ccc(Cl)c1Br. The lowest BCUT2D eigenvalue weighted by atomic mass is 9.80. The minimum Gasteiger partial charge on any atom is -0.423 e. The lowest BCUT2D eigenvalue weighted by Crippen LogP contribution is -2.34. The van der Waals surface area contributed by atoms with E-state index in [1.165, 1.54) is 6.07 Å². The lowest BCUT2D eigenvalue weighted by Gasteiger charge is -2.05. The monoisotopic (exact) mass is 252 g/mol. The summed E-state index contributed by atoms with van der Waals surface area (Å²) in [6.07, 6.45) is 0. The molecule has 64 valence electrons. The molecular formula is C6H4BBrClFO2. The fraction of sp³-hybridized carbons (Fsp3) is 0.